The number of halogens is 1. The highest BCUT2D eigenvalue weighted by atomic mass is 35.5. The van der Waals surface area contributed by atoms with Crippen molar-refractivity contribution >= 4 is 28.9 Å². The van der Waals surface area contributed by atoms with E-state index in [-0.39, 0.29) is 12.3 Å². The number of alkyl halides is 1. The third kappa shape index (κ3) is 5.94. The molecule has 0 spiro atoms. The number of anilines is 1. The van der Waals surface area contributed by atoms with Gasteiger partial charge in [-0.05, 0) is 56.5 Å². The van der Waals surface area contributed by atoms with Gasteiger partial charge in [-0.1, -0.05) is 12.1 Å². The predicted octanol–water partition coefficient (Wildman–Crippen LogP) is 3.84. The second-order valence-electron chi connectivity index (χ2n) is 6.71. The lowest BCUT2D eigenvalue weighted by molar-refractivity contribution is -0.385. The number of rotatable bonds is 9. The standard InChI is InChI=1S/C20H23ClN2O5/c1-14-12-16(7-10-18(14)23(26)27)22-19(24)20(2,25)13-28-17-8-5-15(6-9-17)4-3-11-21/h5-10,12,25H,3-4,11,13H2,1-2H3,(H,22,24). The van der Waals surface area contributed by atoms with Crippen molar-refractivity contribution in [3.05, 3.63) is 63.7 Å². The number of benzene rings is 2. The molecule has 2 N–H and O–H groups in total. The summed E-state index contributed by atoms with van der Waals surface area (Å²) in [5.41, 5.74) is 0.0751. The molecule has 0 aliphatic heterocycles. The molecule has 2 rings (SSSR count). The van der Waals surface area contributed by atoms with Crippen molar-refractivity contribution in [1.82, 2.24) is 0 Å². The zero-order valence-corrected chi connectivity index (χ0v) is 16.5. The van der Waals surface area contributed by atoms with Crippen LogP contribution in [0.4, 0.5) is 11.4 Å². The fraction of sp³-hybridized carbons (Fsp3) is 0.350. The van der Waals surface area contributed by atoms with Crippen LogP contribution in [0.5, 0.6) is 5.75 Å². The van der Waals surface area contributed by atoms with Gasteiger partial charge in [0.15, 0.2) is 5.60 Å². The molecular weight excluding hydrogens is 384 g/mol. The molecule has 0 saturated heterocycles. The van der Waals surface area contributed by atoms with E-state index in [1.54, 1.807) is 19.1 Å². The number of hydrogen-bond donors (Lipinski definition) is 2. The molecule has 2 aromatic carbocycles. The summed E-state index contributed by atoms with van der Waals surface area (Å²) in [4.78, 5) is 22.7. The molecule has 1 unspecified atom stereocenters. The van der Waals surface area contributed by atoms with Gasteiger partial charge in [0, 0.05) is 23.2 Å². The maximum absolute atomic E-state index is 12.4. The van der Waals surface area contributed by atoms with Gasteiger partial charge < -0.3 is 15.2 Å². The summed E-state index contributed by atoms with van der Waals surface area (Å²) in [7, 11) is 0. The largest absolute Gasteiger partial charge is 0.490 e. The van der Waals surface area contributed by atoms with E-state index in [1.807, 2.05) is 12.1 Å². The number of nitro groups is 1. The summed E-state index contributed by atoms with van der Waals surface area (Å²) in [6, 6.07) is 11.6. The Hall–Kier alpha value is -2.64. The quantitative estimate of drug-likeness (QED) is 0.374. The summed E-state index contributed by atoms with van der Waals surface area (Å²) in [5.74, 6) is 0.471. The van der Waals surface area contributed by atoms with Crippen LogP contribution in [0.15, 0.2) is 42.5 Å². The van der Waals surface area contributed by atoms with Gasteiger partial charge in [-0.3, -0.25) is 14.9 Å². The first-order valence-electron chi connectivity index (χ1n) is 8.79. The lowest BCUT2D eigenvalue weighted by Crippen LogP contribution is -2.45. The summed E-state index contributed by atoms with van der Waals surface area (Å²) < 4.78 is 5.54. The number of nitro benzene ring substituents is 1. The van der Waals surface area contributed by atoms with Crippen LogP contribution < -0.4 is 10.1 Å². The van der Waals surface area contributed by atoms with Crippen molar-refractivity contribution in [2.45, 2.75) is 32.3 Å². The van der Waals surface area contributed by atoms with E-state index in [1.165, 1.54) is 25.1 Å². The SMILES string of the molecule is Cc1cc(NC(=O)C(C)(O)COc2ccc(CCCCl)cc2)ccc1[N+](=O)[O-]. The van der Waals surface area contributed by atoms with Crippen LogP contribution in [-0.4, -0.2) is 34.0 Å². The molecule has 0 aromatic heterocycles. The van der Waals surface area contributed by atoms with Crippen LogP contribution in [-0.2, 0) is 11.2 Å². The zero-order chi connectivity index (χ0) is 20.7. The van der Waals surface area contributed by atoms with E-state index < -0.39 is 16.4 Å². The molecule has 0 saturated carbocycles. The number of hydrogen-bond acceptors (Lipinski definition) is 5. The topological polar surface area (TPSA) is 102 Å². The third-order valence-electron chi connectivity index (χ3n) is 4.18. The zero-order valence-electron chi connectivity index (χ0n) is 15.8. The highest BCUT2D eigenvalue weighted by Gasteiger charge is 2.31. The first-order valence-corrected chi connectivity index (χ1v) is 9.33. The first-order chi connectivity index (χ1) is 13.2. The molecule has 1 amide bonds. The van der Waals surface area contributed by atoms with Crippen LogP contribution in [0.25, 0.3) is 0 Å². The van der Waals surface area contributed by atoms with Crippen LogP contribution in [0.1, 0.15) is 24.5 Å². The molecule has 28 heavy (non-hydrogen) atoms. The van der Waals surface area contributed by atoms with Crippen molar-refractivity contribution in [3.8, 4) is 5.75 Å². The number of amides is 1. The monoisotopic (exact) mass is 406 g/mol. The van der Waals surface area contributed by atoms with Crippen molar-refractivity contribution in [2.24, 2.45) is 0 Å². The van der Waals surface area contributed by atoms with E-state index >= 15 is 0 Å². The molecule has 0 heterocycles. The van der Waals surface area contributed by atoms with E-state index in [4.69, 9.17) is 16.3 Å². The third-order valence-corrected chi connectivity index (χ3v) is 4.45. The predicted molar refractivity (Wildman–Crippen MR) is 108 cm³/mol. The number of nitrogens with zero attached hydrogens (tertiary/aromatic N) is 1. The van der Waals surface area contributed by atoms with E-state index in [0.717, 1.165) is 18.4 Å². The van der Waals surface area contributed by atoms with E-state index in [2.05, 4.69) is 5.32 Å². The van der Waals surface area contributed by atoms with Gasteiger partial charge in [-0.2, -0.15) is 0 Å². The highest BCUT2D eigenvalue weighted by molar-refractivity contribution is 6.17. The molecule has 7 nitrogen and oxygen atoms in total. The molecular formula is C20H23ClN2O5. The minimum Gasteiger partial charge on any atom is -0.490 e. The molecule has 8 heteroatoms. The summed E-state index contributed by atoms with van der Waals surface area (Å²) in [5, 5.41) is 23.8. The number of carbonyl (C=O) groups is 1. The van der Waals surface area contributed by atoms with Gasteiger partial charge in [0.25, 0.3) is 11.6 Å². The maximum atomic E-state index is 12.4. The molecule has 0 fully saturated rings. The number of aliphatic hydroxyl groups is 1. The van der Waals surface area contributed by atoms with E-state index in [9.17, 15) is 20.0 Å². The molecule has 2 aromatic rings. The number of ether oxygens (including phenoxy) is 1. The molecule has 150 valence electrons. The Labute approximate surface area is 168 Å². The van der Waals surface area contributed by atoms with Gasteiger partial charge >= 0.3 is 0 Å². The number of carbonyl (C=O) groups excluding carboxylic acids is 1. The molecule has 0 aliphatic carbocycles. The minimum atomic E-state index is -1.78. The fourth-order valence-corrected chi connectivity index (χ4v) is 2.65. The highest BCUT2D eigenvalue weighted by Crippen LogP contribution is 2.23. The van der Waals surface area contributed by atoms with Gasteiger partial charge in [-0.15, -0.1) is 11.6 Å². The van der Waals surface area contributed by atoms with Crippen LogP contribution in [0, 0.1) is 17.0 Å². The Balaban J connectivity index is 1.95. The lowest BCUT2D eigenvalue weighted by Gasteiger charge is -2.22. The average molecular weight is 407 g/mol. The Bertz CT molecular complexity index is 837. The minimum absolute atomic E-state index is 0.0393. The van der Waals surface area contributed by atoms with Crippen molar-refractivity contribution in [3.63, 3.8) is 0 Å². The van der Waals surface area contributed by atoms with Gasteiger partial charge in [0.05, 0.1) is 4.92 Å². The number of nitrogens with one attached hydrogen (secondary N) is 1. The Morgan fingerprint density at radius 1 is 1.29 bits per heavy atom. The Morgan fingerprint density at radius 2 is 1.96 bits per heavy atom. The maximum Gasteiger partial charge on any atom is 0.272 e. The van der Waals surface area contributed by atoms with E-state index in [0.29, 0.717) is 22.9 Å². The average Bonchev–Trinajstić information content (AvgIpc) is 2.65. The Kier molecular flexibility index (Phi) is 7.37. The van der Waals surface area contributed by atoms with Gasteiger partial charge in [0.2, 0.25) is 0 Å². The van der Waals surface area contributed by atoms with Crippen LogP contribution >= 0.6 is 11.6 Å². The number of aryl methyl sites for hydroxylation is 2. The van der Waals surface area contributed by atoms with Crippen LogP contribution in [0.3, 0.4) is 0 Å². The Morgan fingerprint density at radius 3 is 2.54 bits per heavy atom. The van der Waals surface area contributed by atoms with Crippen molar-refractivity contribution < 1.29 is 19.6 Å². The second-order valence-corrected chi connectivity index (χ2v) is 7.09. The summed E-state index contributed by atoms with van der Waals surface area (Å²) in [6.45, 7) is 2.67. The molecule has 1 atom stereocenters. The van der Waals surface area contributed by atoms with Crippen molar-refractivity contribution in [2.75, 3.05) is 17.8 Å². The lowest BCUT2D eigenvalue weighted by atomic mass is 10.1. The van der Waals surface area contributed by atoms with Crippen molar-refractivity contribution in [1.29, 1.82) is 0 Å². The smallest absolute Gasteiger partial charge is 0.272 e. The fourth-order valence-electron chi connectivity index (χ4n) is 2.52. The molecule has 0 aliphatic rings. The molecule has 0 radical (unpaired) electrons. The van der Waals surface area contributed by atoms with Gasteiger partial charge in [-0.25, -0.2) is 0 Å². The van der Waals surface area contributed by atoms with Gasteiger partial charge in [0.1, 0.15) is 12.4 Å². The second kappa shape index (κ2) is 9.52. The first kappa shape index (κ1) is 21.7. The normalized spacial score (nSPS) is 12.9. The summed E-state index contributed by atoms with van der Waals surface area (Å²) in [6.07, 6.45) is 1.76. The van der Waals surface area contributed by atoms with Crippen LogP contribution in [0.2, 0.25) is 0 Å². The summed E-state index contributed by atoms with van der Waals surface area (Å²) >= 11 is 5.68. The molecule has 0 bridgehead atoms.